The molecule has 210 valence electrons. The molecule has 0 spiro atoms. The number of rotatable bonds is 6. The van der Waals surface area contributed by atoms with Gasteiger partial charge in [0.05, 0.1) is 20.8 Å². The minimum atomic E-state index is -0.403. The van der Waals surface area contributed by atoms with Crippen LogP contribution in [0.4, 0.5) is 11.6 Å². The number of thiocarbonyl (C=S) groups is 1. The van der Waals surface area contributed by atoms with Crippen LogP contribution in [0.2, 0.25) is 0 Å². The summed E-state index contributed by atoms with van der Waals surface area (Å²) in [4.78, 5) is 35.1. The van der Waals surface area contributed by atoms with Gasteiger partial charge in [0, 0.05) is 64.2 Å². The summed E-state index contributed by atoms with van der Waals surface area (Å²) in [5.41, 5.74) is 2.98. The van der Waals surface area contributed by atoms with E-state index < -0.39 is 5.69 Å². The molecule has 1 aliphatic heterocycles. The molecule has 2 aromatic carbocycles. The van der Waals surface area contributed by atoms with Crippen molar-refractivity contribution in [2.75, 3.05) is 50.6 Å². The van der Waals surface area contributed by atoms with Crippen LogP contribution >= 0.6 is 12.2 Å². The Bertz CT molecular complexity index is 1680. The Hall–Kier alpha value is -4.32. The molecule has 0 unspecified atom stereocenters. The molecule has 1 fully saturated rings. The van der Waals surface area contributed by atoms with Crippen molar-refractivity contribution >= 4 is 40.1 Å². The molecule has 4 aromatic rings. The Labute approximate surface area is 237 Å². The summed E-state index contributed by atoms with van der Waals surface area (Å²) in [5.74, 6) is 2.00. The number of fused-ring (bicyclic) bond motifs is 1. The van der Waals surface area contributed by atoms with Crippen LogP contribution in [0, 0.1) is 6.92 Å². The van der Waals surface area contributed by atoms with Crippen LogP contribution in [0.1, 0.15) is 11.1 Å². The first-order valence-corrected chi connectivity index (χ1v) is 13.4. The maximum absolute atomic E-state index is 13.3. The first-order valence-electron chi connectivity index (χ1n) is 13.0. The van der Waals surface area contributed by atoms with Crippen molar-refractivity contribution in [1.82, 2.24) is 23.6 Å². The summed E-state index contributed by atoms with van der Waals surface area (Å²) in [5, 5.41) is 3.89. The number of aryl methyl sites for hydroxylation is 2. The quantitative estimate of drug-likeness (QED) is 0.355. The maximum atomic E-state index is 13.3. The molecule has 0 atom stereocenters. The van der Waals surface area contributed by atoms with Gasteiger partial charge in [-0.2, -0.15) is 4.98 Å². The second-order valence-corrected chi connectivity index (χ2v) is 10.3. The van der Waals surface area contributed by atoms with Gasteiger partial charge < -0.3 is 24.6 Å². The third-order valence-electron chi connectivity index (χ3n) is 7.20. The third kappa shape index (κ3) is 5.14. The summed E-state index contributed by atoms with van der Waals surface area (Å²) in [6.45, 7) is 5.06. The highest BCUT2D eigenvalue weighted by Crippen LogP contribution is 2.27. The standard InChI is InChI=1S/C28H33N7O4S/c1-18-7-6-8-19(13-18)17-35-23-24(31(2)28(37)32(3)25(23)36)30-26(35)33-9-11-34(12-10-33)27(40)29-20-14-21(38-4)16-22(15-20)39-5/h6-8,13-16H,9-12,17H2,1-5H3,(H,29,40). The highest BCUT2D eigenvalue weighted by molar-refractivity contribution is 7.80. The summed E-state index contributed by atoms with van der Waals surface area (Å²) >= 11 is 5.72. The average molecular weight is 564 g/mol. The van der Waals surface area contributed by atoms with E-state index in [0.717, 1.165) is 21.4 Å². The molecular weight excluding hydrogens is 530 g/mol. The van der Waals surface area contributed by atoms with E-state index in [1.165, 1.54) is 11.6 Å². The van der Waals surface area contributed by atoms with Crippen LogP contribution < -0.4 is 30.9 Å². The van der Waals surface area contributed by atoms with Crippen molar-refractivity contribution in [3.05, 3.63) is 74.4 Å². The Morgan fingerprint density at radius 2 is 1.65 bits per heavy atom. The first-order chi connectivity index (χ1) is 19.2. The van der Waals surface area contributed by atoms with E-state index in [2.05, 4.69) is 21.2 Å². The molecule has 3 heterocycles. The number of hydrogen-bond acceptors (Lipinski definition) is 7. The number of methoxy groups -OCH3 is 2. The molecule has 2 aromatic heterocycles. The zero-order chi connectivity index (χ0) is 28.6. The zero-order valence-corrected chi connectivity index (χ0v) is 24.1. The Kier molecular flexibility index (Phi) is 7.53. The minimum absolute atomic E-state index is 0.359. The Morgan fingerprint density at radius 1 is 0.975 bits per heavy atom. The number of ether oxygens (including phenoxy) is 2. The van der Waals surface area contributed by atoms with E-state index in [1.807, 2.05) is 41.8 Å². The Balaban J connectivity index is 1.42. The molecule has 12 heteroatoms. The van der Waals surface area contributed by atoms with Gasteiger partial charge in [-0.05, 0) is 24.7 Å². The number of anilines is 2. The van der Waals surface area contributed by atoms with E-state index >= 15 is 0 Å². The molecule has 0 aliphatic carbocycles. The van der Waals surface area contributed by atoms with Gasteiger partial charge in [0.2, 0.25) is 5.95 Å². The van der Waals surface area contributed by atoms with Crippen LogP contribution in [-0.2, 0) is 20.6 Å². The van der Waals surface area contributed by atoms with E-state index in [4.69, 9.17) is 26.7 Å². The highest BCUT2D eigenvalue weighted by Gasteiger charge is 2.26. The number of piperazine rings is 1. The number of aromatic nitrogens is 4. The molecule has 0 amide bonds. The van der Waals surface area contributed by atoms with Crippen LogP contribution in [0.25, 0.3) is 11.2 Å². The topological polar surface area (TPSA) is 98.8 Å². The molecule has 5 rings (SSSR count). The fourth-order valence-electron chi connectivity index (χ4n) is 5.01. The number of nitrogens with one attached hydrogen (secondary N) is 1. The highest BCUT2D eigenvalue weighted by atomic mass is 32.1. The second-order valence-electron chi connectivity index (χ2n) is 9.87. The van der Waals surface area contributed by atoms with Gasteiger partial charge in [-0.25, -0.2) is 4.79 Å². The minimum Gasteiger partial charge on any atom is -0.497 e. The summed E-state index contributed by atoms with van der Waals surface area (Å²) < 4.78 is 15.2. The van der Waals surface area contributed by atoms with Crippen molar-refractivity contribution in [2.24, 2.45) is 14.1 Å². The van der Waals surface area contributed by atoms with Gasteiger partial charge in [-0.3, -0.25) is 18.5 Å². The lowest BCUT2D eigenvalue weighted by atomic mass is 10.1. The van der Waals surface area contributed by atoms with Gasteiger partial charge in [-0.15, -0.1) is 0 Å². The fraction of sp³-hybridized carbons (Fsp3) is 0.357. The monoisotopic (exact) mass is 563 g/mol. The molecule has 1 N–H and O–H groups in total. The molecule has 11 nitrogen and oxygen atoms in total. The molecule has 0 radical (unpaired) electrons. The number of imidazole rings is 1. The molecular formula is C28H33N7O4S. The van der Waals surface area contributed by atoms with Gasteiger partial charge in [0.1, 0.15) is 11.5 Å². The van der Waals surface area contributed by atoms with Crippen molar-refractivity contribution in [3.63, 3.8) is 0 Å². The normalized spacial score (nSPS) is 13.5. The van der Waals surface area contributed by atoms with Crippen molar-refractivity contribution in [3.8, 4) is 11.5 Å². The predicted molar refractivity (Wildman–Crippen MR) is 160 cm³/mol. The first kappa shape index (κ1) is 27.3. The summed E-state index contributed by atoms with van der Waals surface area (Å²) in [6, 6.07) is 13.7. The van der Waals surface area contributed by atoms with E-state index in [9.17, 15) is 9.59 Å². The smallest absolute Gasteiger partial charge is 0.332 e. The van der Waals surface area contributed by atoms with E-state index in [1.54, 1.807) is 27.3 Å². The van der Waals surface area contributed by atoms with Crippen LogP contribution in [0.15, 0.2) is 52.1 Å². The van der Waals surface area contributed by atoms with E-state index in [-0.39, 0.29) is 5.56 Å². The fourth-order valence-corrected chi connectivity index (χ4v) is 5.31. The van der Waals surface area contributed by atoms with Crippen LogP contribution in [0.3, 0.4) is 0 Å². The maximum Gasteiger partial charge on any atom is 0.332 e. The van der Waals surface area contributed by atoms with Crippen molar-refractivity contribution in [1.29, 1.82) is 0 Å². The van der Waals surface area contributed by atoms with Gasteiger partial charge >= 0.3 is 5.69 Å². The van der Waals surface area contributed by atoms with Crippen LogP contribution in [-0.4, -0.2) is 69.1 Å². The Morgan fingerprint density at radius 3 is 2.27 bits per heavy atom. The molecule has 1 aliphatic rings. The lowest BCUT2D eigenvalue weighted by molar-refractivity contribution is 0.386. The molecule has 40 heavy (non-hydrogen) atoms. The molecule has 1 saturated heterocycles. The summed E-state index contributed by atoms with van der Waals surface area (Å²) in [7, 11) is 6.36. The summed E-state index contributed by atoms with van der Waals surface area (Å²) in [6.07, 6.45) is 0. The van der Waals surface area contributed by atoms with Gasteiger partial charge in [0.15, 0.2) is 16.3 Å². The second kappa shape index (κ2) is 11.0. The zero-order valence-electron chi connectivity index (χ0n) is 23.3. The van der Waals surface area contributed by atoms with Crippen molar-refractivity contribution in [2.45, 2.75) is 13.5 Å². The van der Waals surface area contributed by atoms with Crippen molar-refractivity contribution < 1.29 is 9.47 Å². The lowest BCUT2D eigenvalue weighted by Gasteiger charge is -2.36. The largest absolute Gasteiger partial charge is 0.497 e. The lowest BCUT2D eigenvalue weighted by Crippen LogP contribution is -2.50. The number of hydrogen-bond donors (Lipinski definition) is 1. The third-order valence-corrected chi connectivity index (χ3v) is 7.56. The molecule has 0 bridgehead atoms. The SMILES string of the molecule is COc1cc(NC(=S)N2CCN(c3nc4c(c(=O)n(C)c(=O)n4C)n3Cc3cccc(C)c3)CC2)cc(OC)c1. The molecule has 0 saturated carbocycles. The average Bonchev–Trinajstić information content (AvgIpc) is 3.33. The number of nitrogens with zero attached hydrogens (tertiary/aromatic N) is 6. The van der Waals surface area contributed by atoms with Crippen LogP contribution in [0.5, 0.6) is 11.5 Å². The van der Waals surface area contributed by atoms with Gasteiger partial charge in [-0.1, -0.05) is 29.8 Å². The van der Waals surface area contributed by atoms with Gasteiger partial charge in [0.25, 0.3) is 5.56 Å². The van der Waals surface area contributed by atoms with E-state index in [0.29, 0.717) is 66.4 Å². The predicted octanol–water partition coefficient (Wildman–Crippen LogP) is 2.33. The number of benzene rings is 2.